The van der Waals surface area contributed by atoms with Crippen LogP contribution in [0.3, 0.4) is 0 Å². The molecule has 0 aliphatic rings. The maximum Gasteiger partial charge on any atom is 0.233 e. The van der Waals surface area contributed by atoms with Gasteiger partial charge in [0.25, 0.3) is 0 Å². The van der Waals surface area contributed by atoms with Crippen molar-refractivity contribution in [3.8, 4) is 5.69 Å². The van der Waals surface area contributed by atoms with Crippen LogP contribution in [0, 0.1) is 20.8 Å². The van der Waals surface area contributed by atoms with E-state index in [4.69, 9.17) is 0 Å². The molecule has 0 aliphatic carbocycles. The van der Waals surface area contributed by atoms with E-state index in [1.807, 2.05) is 34.7 Å². The van der Waals surface area contributed by atoms with Crippen LogP contribution < -0.4 is 0 Å². The van der Waals surface area contributed by atoms with Gasteiger partial charge in [-0.15, -0.1) is 10.2 Å². The number of pyridine rings is 1. The van der Waals surface area contributed by atoms with Gasteiger partial charge in [0.1, 0.15) is 5.82 Å². The minimum Gasteiger partial charge on any atom is -0.333 e. The van der Waals surface area contributed by atoms with E-state index < -0.39 is 0 Å². The largest absolute Gasteiger partial charge is 0.333 e. The van der Waals surface area contributed by atoms with Crippen LogP contribution in [0.4, 0.5) is 0 Å². The predicted molar refractivity (Wildman–Crippen MR) is 141 cm³/mol. The molecule has 7 heteroatoms. The van der Waals surface area contributed by atoms with Crippen LogP contribution >= 0.6 is 11.8 Å². The van der Waals surface area contributed by atoms with Crippen molar-refractivity contribution in [3.05, 3.63) is 101 Å². The number of carbonyl (C=O) groups excluding carboxylic acids is 1. The van der Waals surface area contributed by atoms with Crippen molar-refractivity contribution in [2.75, 3.05) is 5.75 Å². The second-order valence-corrected chi connectivity index (χ2v) is 9.67. The first-order valence-electron chi connectivity index (χ1n) is 11.8. The molecule has 0 saturated carbocycles. The zero-order valence-corrected chi connectivity index (χ0v) is 21.5. The molecule has 0 spiro atoms. The average Bonchev–Trinajstić information content (AvgIpc) is 3.24. The molecule has 2 aromatic carbocycles. The number of amides is 1. The molecule has 0 N–H and O–H groups in total. The highest BCUT2D eigenvalue weighted by Crippen LogP contribution is 2.25. The first-order chi connectivity index (χ1) is 16.9. The van der Waals surface area contributed by atoms with Crippen LogP contribution in [0.5, 0.6) is 0 Å². The van der Waals surface area contributed by atoms with Gasteiger partial charge < -0.3 is 4.90 Å². The molecule has 0 atom stereocenters. The fourth-order valence-electron chi connectivity index (χ4n) is 3.94. The van der Waals surface area contributed by atoms with Gasteiger partial charge in [0.05, 0.1) is 11.4 Å². The van der Waals surface area contributed by atoms with Crippen LogP contribution in [0.15, 0.2) is 72.1 Å². The predicted octanol–water partition coefficient (Wildman–Crippen LogP) is 5.47. The van der Waals surface area contributed by atoms with Gasteiger partial charge in [-0.25, -0.2) is 0 Å². The minimum atomic E-state index is 0.0478. The molecule has 180 valence electrons. The molecular weight excluding hydrogens is 454 g/mol. The highest BCUT2D eigenvalue weighted by atomic mass is 32.2. The Morgan fingerprint density at radius 1 is 0.943 bits per heavy atom. The van der Waals surface area contributed by atoms with Crippen molar-refractivity contribution in [1.82, 2.24) is 24.6 Å². The highest BCUT2D eigenvalue weighted by molar-refractivity contribution is 7.99. The number of hydrogen-bond acceptors (Lipinski definition) is 5. The fraction of sp³-hybridized carbons (Fsp3) is 0.286. The fourth-order valence-corrected chi connectivity index (χ4v) is 4.83. The standard InChI is InChI=1S/C28H31N5OS/c1-5-23-10-12-24(13-11-23)17-32(18-25-7-6-14-29-16-25)27(34)19-35-28-31-30-22(4)33(28)26-15-20(2)8-9-21(26)3/h6-16H,5,17-19H2,1-4H3. The number of aryl methyl sites for hydroxylation is 4. The third-order valence-electron chi connectivity index (χ3n) is 5.98. The van der Waals surface area contributed by atoms with Gasteiger partial charge in [0.2, 0.25) is 5.91 Å². The third-order valence-corrected chi connectivity index (χ3v) is 6.89. The van der Waals surface area contributed by atoms with E-state index in [1.165, 1.54) is 22.9 Å². The smallest absolute Gasteiger partial charge is 0.233 e. The molecule has 0 saturated heterocycles. The van der Waals surface area contributed by atoms with E-state index in [9.17, 15) is 4.79 Å². The van der Waals surface area contributed by atoms with Gasteiger partial charge >= 0.3 is 0 Å². The van der Waals surface area contributed by atoms with E-state index >= 15 is 0 Å². The van der Waals surface area contributed by atoms with Crippen LogP contribution in [0.1, 0.15) is 40.6 Å². The summed E-state index contributed by atoms with van der Waals surface area (Å²) in [6.45, 7) is 9.28. The molecule has 2 heterocycles. The molecule has 2 aromatic heterocycles. The van der Waals surface area contributed by atoms with E-state index in [0.29, 0.717) is 13.1 Å². The number of benzene rings is 2. The van der Waals surface area contributed by atoms with Gasteiger partial charge in [0.15, 0.2) is 5.16 Å². The van der Waals surface area contributed by atoms with Crippen LogP contribution in [-0.4, -0.2) is 36.3 Å². The van der Waals surface area contributed by atoms with Gasteiger partial charge in [0, 0.05) is 25.5 Å². The average molecular weight is 486 g/mol. The summed E-state index contributed by atoms with van der Waals surface area (Å²) < 4.78 is 2.04. The zero-order chi connectivity index (χ0) is 24.8. The molecule has 35 heavy (non-hydrogen) atoms. The molecule has 0 bridgehead atoms. The summed E-state index contributed by atoms with van der Waals surface area (Å²) >= 11 is 1.42. The quantitative estimate of drug-likeness (QED) is 0.294. The monoisotopic (exact) mass is 485 g/mol. The van der Waals surface area contributed by atoms with Crippen molar-refractivity contribution >= 4 is 17.7 Å². The summed E-state index contributed by atoms with van der Waals surface area (Å²) in [5.41, 5.74) is 6.76. The number of thioether (sulfide) groups is 1. The lowest BCUT2D eigenvalue weighted by molar-refractivity contribution is -0.129. The molecule has 1 amide bonds. The Kier molecular flexibility index (Phi) is 7.98. The Bertz CT molecular complexity index is 1280. The first kappa shape index (κ1) is 24.7. The maximum atomic E-state index is 13.5. The number of carbonyl (C=O) groups is 1. The minimum absolute atomic E-state index is 0.0478. The summed E-state index contributed by atoms with van der Waals surface area (Å²) in [7, 11) is 0. The normalized spacial score (nSPS) is 11.0. The lowest BCUT2D eigenvalue weighted by Crippen LogP contribution is -2.31. The number of rotatable bonds is 9. The van der Waals surface area contributed by atoms with Gasteiger partial charge in [-0.2, -0.15) is 0 Å². The summed E-state index contributed by atoms with van der Waals surface area (Å²) in [6, 6.07) is 18.7. The lowest BCUT2D eigenvalue weighted by atomic mass is 10.1. The second-order valence-electron chi connectivity index (χ2n) is 8.72. The molecule has 0 fully saturated rings. The lowest BCUT2D eigenvalue weighted by Gasteiger charge is -2.23. The number of nitrogens with zero attached hydrogens (tertiary/aromatic N) is 5. The van der Waals surface area contributed by atoms with Gasteiger partial charge in [-0.3, -0.25) is 14.3 Å². The molecular formula is C28H31N5OS. The maximum absolute atomic E-state index is 13.5. The van der Waals surface area contributed by atoms with Crippen molar-refractivity contribution in [1.29, 1.82) is 0 Å². The van der Waals surface area contributed by atoms with Crippen LogP contribution in [0.25, 0.3) is 5.69 Å². The molecule has 6 nitrogen and oxygen atoms in total. The molecule has 4 aromatic rings. The van der Waals surface area contributed by atoms with Crippen molar-refractivity contribution in [2.45, 2.75) is 52.4 Å². The summed E-state index contributed by atoms with van der Waals surface area (Å²) in [5.74, 6) is 1.12. The zero-order valence-electron chi connectivity index (χ0n) is 20.7. The van der Waals surface area contributed by atoms with Crippen LogP contribution in [0.2, 0.25) is 0 Å². The van der Waals surface area contributed by atoms with Crippen molar-refractivity contribution < 1.29 is 4.79 Å². The van der Waals surface area contributed by atoms with E-state index in [0.717, 1.165) is 39.8 Å². The number of aromatic nitrogens is 4. The van der Waals surface area contributed by atoms with E-state index in [-0.39, 0.29) is 11.7 Å². The number of hydrogen-bond donors (Lipinski definition) is 0. The van der Waals surface area contributed by atoms with E-state index in [2.05, 4.69) is 78.4 Å². The van der Waals surface area contributed by atoms with E-state index in [1.54, 1.807) is 6.20 Å². The topological polar surface area (TPSA) is 63.9 Å². The Morgan fingerprint density at radius 3 is 2.40 bits per heavy atom. The SMILES string of the molecule is CCc1ccc(CN(Cc2cccnc2)C(=O)CSc2nnc(C)n2-c2cc(C)ccc2C)cc1. The molecule has 0 aliphatic heterocycles. The molecule has 0 radical (unpaired) electrons. The summed E-state index contributed by atoms with van der Waals surface area (Å²) in [6.07, 6.45) is 4.56. The van der Waals surface area contributed by atoms with Crippen LogP contribution in [-0.2, 0) is 24.3 Å². The van der Waals surface area contributed by atoms with Gasteiger partial charge in [-0.05, 0) is 67.1 Å². The molecule has 0 unspecified atom stereocenters. The Balaban J connectivity index is 1.53. The summed E-state index contributed by atoms with van der Waals surface area (Å²) in [4.78, 5) is 19.6. The van der Waals surface area contributed by atoms with Crippen molar-refractivity contribution in [2.24, 2.45) is 0 Å². The highest BCUT2D eigenvalue weighted by Gasteiger charge is 2.19. The third kappa shape index (κ3) is 6.17. The second kappa shape index (κ2) is 11.3. The first-order valence-corrected chi connectivity index (χ1v) is 12.8. The Hall–Kier alpha value is -3.45. The summed E-state index contributed by atoms with van der Waals surface area (Å²) in [5, 5.41) is 9.39. The van der Waals surface area contributed by atoms with Gasteiger partial charge in [-0.1, -0.05) is 61.2 Å². The van der Waals surface area contributed by atoms with Crippen molar-refractivity contribution in [3.63, 3.8) is 0 Å². The molecule has 4 rings (SSSR count). The Labute approximate surface area is 211 Å². The Morgan fingerprint density at radius 2 is 1.69 bits per heavy atom.